The zero-order chi connectivity index (χ0) is 13.5. The van der Waals surface area contributed by atoms with E-state index in [2.05, 4.69) is 42.3 Å². The molecule has 1 fully saturated rings. The van der Waals surface area contributed by atoms with E-state index in [0.29, 0.717) is 0 Å². The van der Waals surface area contributed by atoms with Gasteiger partial charge in [0.25, 0.3) is 0 Å². The van der Waals surface area contributed by atoms with Crippen LogP contribution >= 0.6 is 0 Å². The van der Waals surface area contributed by atoms with Gasteiger partial charge < -0.3 is 15.1 Å². The van der Waals surface area contributed by atoms with Crippen molar-refractivity contribution >= 4 is 11.9 Å². The van der Waals surface area contributed by atoms with E-state index < -0.39 is 11.9 Å². The Morgan fingerprint density at radius 2 is 1.72 bits per heavy atom. The van der Waals surface area contributed by atoms with Crippen molar-refractivity contribution in [2.45, 2.75) is 12.3 Å². The molecule has 2 N–H and O–H groups in total. The molecule has 2 rings (SSSR count). The third kappa shape index (κ3) is 4.55. The summed E-state index contributed by atoms with van der Waals surface area (Å²) in [5.74, 6) is -2.87. The second-order valence-electron chi connectivity index (χ2n) is 4.27. The maximum atomic E-state index is 9.10. The molecule has 18 heavy (non-hydrogen) atoms. The van der Waals surface area contributed by atoms with Gasteiger partial charge in [0, 0.05) is 6.54 Å². The number of likely N-dealkylation sites (tertiary alicyclic amines) is 1. The number of rotatable bonds is 1. The van der Waals surface area contributed by atoms with Crippen LogP contribution in [0.4, 0.5) is 0 Å². The number of carboxylic acids is 2. The summed E-state index contributed by atoms with van der Waals surface area (Å²) in [7, 11) is 2.20. The highest BCUT2D eigenvalue weighted by Gasteiger charge is 2.20. The number of carboxylic acid groups (broad SMARTS) is 2. The lowest BCUT2D eigenvalue weighted by Gasteiger charge is -2.09. The quantitative estimate of drug-likeness (QED) is 0.735. The fourth-order valence-electron chi connectivity index (χ4n) is 1.93. The SMILES string of the molecule is CN1CCC(c2ccccc2)C1.O=C(O)C(=O)O. The van der Waals surface area contributed by atoms with Gasteiger partial charge in [-0.1, -0.05) is 30.3 Å². The Kier molecular flexibility index (Phi) is 5.32. The molecule has 1 aliphatic heterocycles. The Bertz CT molecular complexity index is 393. The van der Waals surface area contributed by atoms with E-state index in [1.54, 1.807) is 0 Å². The first kappa shape index (κ1) is 14.2. The van der Waals surface area contributed by atoms with Crippen LogP contribution < -0.4 is 0 Å². The average Bonchev–Trinajstić information content (AvgIpc) is 2.78. The Labute approximate surface area is 106 Å². The smallest absolute Gasteiger partial charge is 0.414 e. The molecule has 1 aromatic carbocycles. The van der Waals surface area contributed by atoms with Crippen molar-refractivity contribution in [2.75, 3.05) is 20.1 Å². The average molecular weight is 251 g/mol. The highest BCUT2D eigenvalue weighted by atomic mass is 16.4. The molecule has 0 amide bonds. The Hall–Kier alpha value is -1.88. The number of hydrogen-bond acceptors (Lipinski definition) is 3. The normalized spacial score (nSPS) is 18.8. The van der Waals surface area contributed by atoms with Crippen molar-refractivity contribution < 1.29 is 19.8 Å². The van der Waals surface area contributed by atoms with Gasteiger partial charge in [0.05, 0.1) is 0 Å². The van der Waals surface area contributed by atoms with E-state index in [-0.39, 0.29) is 0 Å². The van der Waals surface area contributed by atoms with Crippen molar-refractivity contribution in [2.24, 2.45) is 0 Å². The lowest BCUT2D eigenvalue weighted by Crippen LogP contribution is -2.13. The molecule has 1 saturated heterocycles. The van der Waals surface area contributed by atoms with Gasteiger partial charge in [-0.05, 0) is 31.5 Å². The Morgan fingerprint density at radius 1 is 1.17 bits per heavy atom. The predicted molar refractivity (Wildman–Crippen MR) is 66.6 cm³/mol. The Morgan fingerprint density at radius 3 is 2.11 bits per heavy atom. The molecular weight excluding hydrogens is 234 g/mol. The molecule has 1 unspecified atom stereocenters. The highest BCUT2D eigenvalue weighted by molar-refractivity contribution is 6.27. The Balaban J connectivity index is 0.000000232. The number of carbonyl (C=O) groups is 2. The van der Waals surface area contributed by atoms with Crippen LogP contribution in [0.3, 0.4) is 0 Å². The third-order valence-corrected chi connectivity index (χ3v) is 2.85. The number of nitrogens with zero attached hydrogens (tertiary/aromatic N) is 1. The molecular formula is C13H17NO4. The summed E-state index contributed by atoms with van der Waals surface area (Å²) in [6.45, 7) is 2.48. The van der Waals surface area contributed by atoms with Gasteiger partial charge in [-0.3, -0.25) is 0 Å². The lowest BCUT2D eigenvalue weighted by molar-refractivity contribution is -0.159. The second-order valence-corrected chi connectivity index (χ2v) is 4.27. The zero-order valence-electron chi connectivity index (χ0n) is 10.2. The molecule has 0 radical (unpaired) electrons. The molecule has 0 saturated carbocycles. The van der Waals surface area contributed by atoms with Crippen LogP contribution in [0.1, 0.15) is 17.9 Å². The van der Waals surface area contributed by atoms with Crippen molar-refractivity contribution in [1.82, 2.24) is 4.90 Å². The van der Waals surface area contributed by atoms with Gasteiger partial charge >= 0.3 is 11.9 Å². The van der Waals surface area contributed by atoms with Gasteiger partial charge in [0.15, 0.2) is 0 Å². The van der Waals surface area contributed by atoms with Crippen LogP contribution in [-0.2, 0) is 9.59 Å². The van der Waals surface area contributed by atoms with Gasteiger partial charge in [-0.2, -0.15) is 0 Å². The summed E-state index contributed by atoms with van der Waals surface area (Å²) in [5.41, 5.74) is 1.50. The van der Waals surface area contributed by atoms with Crippen LogP contribution in [-0.4, -0.2) is 47.2 Å². The van der Waals surface area contributed by atoms with E-state index in [1.807, 2.05) is 0 Å². The summed E-state index contributed by atoms with van der Waals surface area (Å²) in [4.78, 5) is 20.6. The molecule has 0 aliphatic carbocycles. The molecule has 98 valence electrons. The first-order valence-electron chi connectivity index (χ1n) is 5.70. The topological polar surface area (TPSA) is 77.8 Å². The summed E-state index contributed by atoms with van der Waals surface area (Å²) in [6, 6.07) is 10.8. The molecule has 1 heterocycles. The van der Waals surface area contributed by atoms with Crippen molar-refractivity contribution in [3.05, 3.63) is 35.9 Å². The third-order valence-electron chi connectivity index (χ3n) is 2.85. The molecule has 1 atom stereocenters. The zero-order valence-corrected chi connectivity index (χ0v) is 10.2. The van der Waals surface area contributed by atoms with Crippen molar-refractivity contribution in [3.63, 3.8) is 0 Å². The molecule has 0 bridgehead atoms. The molecule has 0 spiro atoms. The largest absolute Gasteiger partial charge is 0.473 e. The number of hydrogen-bond donors (Lipinski definition) is 2. The second kappa shape index (κ2) is 6.76. The van der Waals surface area contributed by atoms with Gasteiger partial charge in [0.1, 0.15) is 0 Å². The predicted octanol–water partition coefficient (Wildman–Crippen LogP) is 1.26. The van der Waals surface area contributed by atoms with E-state index in [0.717, 1.165) is 5.92 Å². The van der Waals surface area contributed by atoms with Gasteiger partial charge in [0.2, 0.25) is 0 Å². The van der Waals surface area contributed by atoms with Crippen molar-refractivity contribution in [1.29, 1.82) is 0 Å². The molecule has 1 aromatic rings. The summed E-state index contributed by atoms with van der Waals surface area (Å²) in [5, 5.41) is 14.8. The van der Waals surface area contributed by atoms with Crippen molar-refractivity contribution in [3.8, 4) is 0 Å². The van der Waals surface area contributed by atoms with Gasteiger partial charge in [-0.15, -0.1) is 0 Å². The van der Waals surface area contributed by atoms with E-state index in [9.17, 15) is 0 Å². The lowest BCUT2D eigenvalue weighted by atomic mass is 9.99. The van der Waals surface area contributed by atoms with Crippen LogP contribution in [0.25, 0.3) is 0 Å². The highest BCUT2D eigenvalue weighted by Crippen LogP contribution is 2.25. The van der Waals surface area contributed by atoms with Gasteiger partial charge in [-0.25, -0.2) is 9.59 Å². The van der Waals surface area contributed by atoms with Crippen LogP contribution in [0.2, 0.25) is 0 Å². The fraction of sp³-hybridized carbons (Fsp3) is 0.385. The van der Waals surface area contributed by atoms with Crippen LogP contribution in [0.15, 0.2) is 30.3 Å². The van der Waals surface area contributed by atoms with E-state index in [1.165, 1.54) is 25.1 Å². The number of aliphatic carboxylic acids is 2. The molecule has 0 aromatic heterocycles. The minimum absolute atomic E-state index is 0.774. The molecule has 1 aliphatic rings. The number of likely N-dealkylation sites (N-methyl/N-ethyl adjacent to an activating group) is 1. The molecule has 5 nitrogen and oxygen atoms in total. The fourth-order valence-corrected chi connectivity index (χ4v) is 1.93. The monoisotopic (exact) mass is 251 g/mol. The minimum atomic E-state index is -1.82. The summed E-state index contributed by atoms with van der Waals surface area (Å²) >= 11 is 0. The van der Waals surface area contributed by atoms with E-state index >= 15 is 0 Å². The first-order valence-corrected chi connectivity index (χ1v) is 5.70. The van der Waals surface area contributed by atoms with Crippen LogP contribution in [0, 0.1) is 0 Å². The maximum absolute atomic E-state index is 9.10. The molecule has 5 heteroatoms. The minimum Gasteiger partial charge on any atom is -0.473 e. The summed E-state index contributed by atoms with van der Waals surface area (Å²) in [6.07, 6.45) is 1.32. The first-order chi connectivity index (χ1) is 8.50. The van der Waals surface area contributed by atoms with Crippen LogP contribution in [0.5, 0.6) is 0 Å². The standard InChI is InChI=1S/C11H15N.C2H2O4/c1-12-8-7-11(9-12)10-5-3-2-4-6-10;3-1(4)2(5)6/h2-6,11H,7-9H2,1H3;(H,3,4)(H,5,6). The maximum Gasteiger partial charge on any atom is 0.414 e. The van der Waals surface area contributed by atoms with E-state index in [4.69, 9.17) is 19.8 Å². The summed E-state index contributed by atoms with van der Waals surface area (Å²) < 4.78 is 0. The number of benzene rings is 1.